The van der Waals surface area contributed by atoms with Crippen molar-refractivity contribution in [1.82, 2.24) is 10.0 Å². The summed E-state index contributed by atoms with van der Waals surface area (Å²) in [7, 11) is -1.89. The van der Waals surface area contributed by atoms with Gasteiger partial charge in [-0.05, 0) is 31.0 Å². The maximum atomic E-state index is 12.1. The summed E-state index contributed by atoms with van der Waals surface area (Å²) in [5.74, 6) is 0.445. The maximum Gasteiger partial charge on any atom is 0.221 e. The molecule has 1 amide bonds. The second-order valence-electron chi connectivity index (χ2n) is 5.32. The van der Waals surface area contributed by atoms with Gasteiger partial charge in [-0.2, -0.15) is 0 Å². The Morgan fingerprint density at radius 1 is 1.25 bits per heavy atom. The maximum absolute atomic E-state index is 12.1. The fourth-order valence-electron chi connectivity index (χ4n) is 2.13. The topological polar surface area (TPSA) is 93.7 Å². The van der Waals surface area contributed by atoms with Crippen LogP contribution in [0.25, 0.3) is 0 Å². The Morgan fingerprint density at radius 3 is 2.46 bits per heavy atom. The highest BCUT2D eigenvalue weighted by Gasteiger charge is 2.19. The zero-order valence-electron chi connectivity index (χ0n) is 14.4. The number of nitrogens with one attached hydrogen (secondary N) is 2. The third-order valence-electron chi connectivity index (χ3n) is 3.26. The summed E-state index contributed by atoms with van der Waals surface area (Å²) < 4.78 is 35.9. The number of benzene rings is 1. The fraction of sp³-hybridized carbons (Fsp3) is 0.562. The molecule has 136 valence electrons. The van der Waals surface area contributed by atoms with Crippen LogP contribution in [-0.2, 0) is 19.6 Å². The van der Waals surface area contributed by atoms with Crippen LogP contribution < -0.4 is 14.8 Å². The smallest absolute Gasteiger partial charge is 0.221 e. The molecule has 1 aromatic rings. The molecule has 0 saturated carbocycles. The Bertz CT molecular complexity index is 601. The van der Waals surface area contributed by atoms with E-state index in [0.29, 0.717) is 37.5 Å². The summed E-state index contributed by atoms with van der Waals surface area (Å²) in [6.45, 7) is 3.63. The van der Waals surface area contributed by atoms with Crippen LogP contribution in [0.15, 0.2) is 24.3 Å². The lowest BCUT2D eigenvalue weighted by Crippen LogP contribution is -2.33. The number of hydrogen-bond acceptors (Lipinski definition) is 5. The molecule has 0 aromatic heterocycles. The van der Waals surface area contributed by atoms with Crippen LogP contribution in [0.1, 0.15) is 31.4 Å². The zero-order chi connectivity index (χ0) is 18.0. The minimum atomic E-state index is -3.45. The Morgan fingerprint density at radius 2 is 1.92 bits per heavy atom. The number of rotatable bonds is 11. The summed E-state index contributed by atoms with van der Waals surface area (Å²) >= 11 is 0. The number of carbonyl (C=O) groups is 1. The molecule has 1 rings (SSSR count). The first-order valence-electron chi connectivity index (χ1n) is 7.81. The number of sulfonamides is 1. The Labute approximate surface area is 143 Å². The third-order valence-corrected chi connectivity index (χ3v) is 3.97. The van der Waals surface area contributed by atoms with Crippen molar-refractivity contribution in [3.63, 3.8) is 0 Å². The van der Waals surface area contributed by atoms with Crippen LogP contribution in [0.5, 0.6) is 5.75 Å². The van der Waals surface area contributed by atoms with Crippen molar-refractivity contribution in [3.05, 3.63) is 29.8 Å². The van der Waals surface area contributed by atoms with Crippen molar-refractivity contribution in [2.75, 3.05) is 33.1 Å². The SMILES string of the molecule is CCOCCCNC(=O)C[C@@H](NS(C)(=O)=O)c1ccc(OC)cc1. The molecular weight excluding hydrogens is 332 g/mol. The molecule has 0 heterocycles. The molecule has 2 N–H and O–H groups in total. The highest BCUT2D eigenvalue weighted by atomic mass is 32.2. The quantitative estimate of drug-likeness (QED) is 0.580. The van der Waals surface area contributed by atoms with Crippen molar-refractivity contribution in [2.24, 2.45) is 0 Å². The average molecular weight is 358 g/mol. The van der Waals surface area contributed by atoms with Gasteiger partial charge in [-0.1, -0.05) is 12.1 Å². The molecule has 0 aliphatic heterocycles. The van der Waals surface area contributed by atoms with E-state index in [1.807, 2.05) is 6.92 Å². The lowest BCUT2D eigenvalue weighted by atomic mass is 10.0. The Balaban J connectivity index is 2.66. The Kier molecular flexibility index (Phi) is 8.73. The largest absolute Gasteiger partial charge is 0.497 e. The summed E-state index contributed by atoms with van der Waals surface area (Å²) in [5, 5.41) is 2.77. The van der Waals surface area contributed by atoms with Gasteiger partial charge in [0.15, 0.2) is 0 Å². The van der Waals surface area contributed by atoms with E-state index in [4.69, 9.17) is 9.47 Å². The monoisotopic (exact) mass is 358 g/mol. The second kappa shape index (κ2) is 10.3. The molecular formula is C16H26N2O5S. The van der Waals surface area contributed by atoms with Crippen LogP contribution >= 0.6 is 0 Å². The predicted octanol–water partition coefficient (Wildman–Crippen LogP) is 1.22. The van der Waals surface area contributed by atoms with Crippen molar-refractivity contribution in [3.8, 4) is 5.75 Å². The molecule has 0 fully saturated rings. The second-order valence-corrected chi connectivity index (χ2v) is 7.10. The normalized spacial score (nSPS) is 12.6. The minimum Gasteiger partial charge on any atom is -0.497 e. The van der Waals surface area contributed by atoms with Crippen molar-refractivity contribution >= 4 is 15.9 Å². The van der Waals surface area contributed by atoms with E-state index < -0.39 is 16.1 Å². The number of amides is 1. The average Bonchev–Trinajstić information content (AvgIpc) is 2.53. The van der Waals surface area contributed by atoms with Gasteiger partial charge in [-0.3, -0.25) is 4.79 Å². The van der Waals surface area contributed by atoms with E-state index in [1.54, 1.807) is 31.4 Å². The molecule has 0 saturated heterocycles. The molecule has 0 radical (unpaired) electrons. The standard InChI is InChI=1S/C16H26N2O5S/c1-4-23-11-5-10-17-16(19)12-15(18-24(3,20)21)13-6-8-14(22-2)9-7-13/h6-9,15,18H,4-5,10-12H2,1-3H3,(H,17,19)/t15-/m1/s1. The third kappa shape index (κ3) is 8.28. The lowest BCUT2D eigenvalue weighted by Gasteiger charge is -2.18. The lowest BCUT2D eigenvalue weighted by molar-refractivity contribution is -0.121. The molecule has 24 heavy (non-hydrogen) atoms. The summed E-state index contributed by atoms with van der Waals surface area (Å²) in [5.41, 5.74) is 0.700. The first-order valence-corrected chi connectivity index (χ1v) is 9.70. The molecule has 0 spiro atoms. The van der Waals surface area contributed by atoms with E-state index in [-0.39, 0.29) is 12.3 Å². The molecule has 0 unspecified atom stereocenters. The van der Waals surface area contributed by atoms with Gasteiger partial charge < -0.3 is 14.8 Å². The molecule has 0 bridgehead atoms. The van der Waals surface area contributed by atoms with Gasteiger partial charge in [0.1, 0.15) is 5.75 Å². The first kappa shape index (κ1) is 20.4. The van der Waals surface area contributed by atoms with E-state index in [0.717, 1.165) is 6.26 Å². The highest BCUT2D eigenvalue weighted by molar-refractivity contribution is 7.88. The van der Waals surface area contributed by atoms with E-state index in [2.05, 4.69) is 10.0 Å². The van der Waals surface area contributed by atoms with Gasteiger partial charge in [-0.15, -0.1) is 0 Å². The number of ether oxygens (including phenoxy) is 2. The molecule has 1 aromatic carbocycles. The molecule has 0 aliphatic carbocycles. The summed E-state index contributed by atoms with van der Waals surface area (Å²) in [4.78, 5) is 12.1. The molecule has 0 aliphatic rings. The van der Waals surface area contributed by atoms with E-state index in [1.165, 1.54) is 0 Å². The predicted molar refractivity (Wildman–Crippen MR) is 92.5 cm³/mol. The molecule has 7 nitrogen and oxygen atoms in total. The summed E-state index contributed by atoms with van der Waals surface area (Å²) in [6, 6.07) is 6.31. The van der Waals surface area contributed by atoms with Gasteiger partial charge >= 0.3 is 0 Å². The summed E-state index contributed by atoms with van der Waals surface area (Å²) in [6.07, 6.45) is 1.81. The van der Waals surface area contributed by atoms with Crippen molar-refractivity contribution < 1.29 is 22.7 Å². The van der Waals surface area contributed by atoms with Crippen LogP contribution in [0.2, 0.25) is 0 Å². The van der Waals surface area contributed by atoms with Gasteiger partial charge in [0, 0.05) is 26.2 Å². The number of hydrogen-bond donors (Lipinski definition) is 2. The molecule has 1 atom stereocenters. The first-order chi connectivity index (χ1) is 11.4. The minimum absolute atomic E-state index is 0.0219. The fourth-order valence-corrected chi connectivity index (χ4v) is 2.86. The van der Waals surface area contributed by atoms with Crippen molar-refractivity contribution in [2.45, 2.75) is 25.8 Å². The van der Waals surface area contributed by atoms with Crippen LogP contribution in [-0.4, -0.2) is 47.4 Å². The number of carbonyl (C=O) groups excluding carboxylic acids is 1. The van der Waals surface area contributed by atoms with Gasteiger partial charge in [0.05, 0.1) is 19.4 Å². The van der Waals surface area contributed by atoms with Crippen LogP contribution in [0.4, 0.5) is 0 Å². The molecule has 8 heteroatoms. The highest BCUT2D eigenvalue weighted by Crippen LogP contribution is 2.21. The van der Waals surface area contributed by atoms with E-state index in [9.17, 15) is 13.2 Å². The van der Waals surface area contributed by atoms with Crippen molar-refractivity contribution in [1.29, 1.82) is 0 Å². The van der Waals surface area contributed by atoms with Crippen LogP contribution in [0, 0.1) is 0 Å². The zero-order valence-corrected chi connectivity index (χ0v) is 15.2. The Hall–Kier alpha value is -1.64. The van der Waals surface area contributed by atoms with E-state index >= 15 is 0 Å². The van der Waals surface area contributed by atoms with Crippen LogP contribution in [0.3, 0.4) is 0 Å². The van der Waals surface area contributed by atoms with Gasteiger partial charge in [0.2, 0.25) is 15.9 Å². The number of methoxy groups -OCH3 is 1. The van der Waals surface area contributed by atoms with Gasteiger partial charge in [-0.25, -0.2) is 13.1 Å². The van der Waals surface area contributed by atoms with Gasteiger partial charge in [0.25, 0.3) is 0 Å².